The molecule has 0 unspecified atom stereocenters. The number of ether oxygens (including phenoxy) is 1. The Morgan fingerprint density at radius 2 is 1.93 bits per heavy atom. The van der Waals surface area contributed by atoms with Gasteiger partial charge in [0.15, 0.2) is 5.69 Å². The highest BCUT2D eigenvalue weighted by Gasteiger charge is 2.30. The maximum atomic E-state index is 12.5. The van der Waals surface area contributed by atoms with Crippen molar-refractivity contribution >= 4 is 52.5 Å². The lowest BCUT2D eigenvalue weighted by Gasteiger charge is -2.19. The quantitative estimate of drug-likeness (QED) is 0.450. The summed E-state index contributed by atoms with van der Waals surface area (Å²) in [6, 6.07) is 10.8. The van der Waals surface area contributed by atoms with Crippen LogP contribution in [0.1, 0.15) is 23.0 Å². The Morgan fingerprint density at radius 1 is 1.19 bits per heavy atom. The largest absolute Gasteiger partial charge is 0.461 e. The predicted octanol–water partition coefficient (Wildman–Crippen LogP) is 6.28. The molecule has 0 bridgehead atoms. The molecule has 1 aromatic heterocycles. The second-order valence-electron chi connectivity index (χ2n) is 5.83. The van der Waals surface area contributed by atoms with Crippen molar-refractivity contribution < 1.29 is 9.53 Å². The van der Waals surface area contributed by atoms with Gasteiger partial charge in [-0.3, -0.25) is 0 Å². The van der Waals surface area contributed by atoms with E-state index in [1.54, 1.807) is 41.6 Å². The number of hydrogen-bond donors (Lipinski definition) is 0. The lowest BCUT2D eigenvalue weighted by molar-refractivity contribution is 0.0518. The molecule has 27 heavy (non-hydrogen) atoms. The number of nitrogens with zero attached hydrogens (tertiary/aromatic N) is 2. The van der Waals surface area contributed by atoms with Gasteiger partial charge >= 0.3 is 5.97 Å². The molecule has 2 aromatic carbocycles. The SMILES string of the molecule is CCOC(=O)c1nn(-c2ccc(Cl)cc2Cl)c2c1CSc1ccc(Cl)cc1-2. The van der Waals surface area contributed by atoms with Crippen LogP contribution in [-0.4, -0.2) is 22.4 Å². The van der Waals surface area contributed by atoms with E-state index in [-0.39, 0.29) is 12.3 Å². The number of rotatable bonds is 3. The molecule has 1 aliphatic rings. The van der Waals surface area contributed by atoms with E-state index in [0.717, 1.165) is 21.7 Å². The Bertz CT molecular complexity index is 1070. The molecule has 0 saturated heterocycles. The lowest BCUT2D eigenvalue weighted by Crippen LogP contribution is -2.08. The molecular weight excluding hydrogens is 427 g/mol. The van der Waals surface area contributed by atoms with Crippen molar-refractivity contribution in [3.8, 4) is 16.9 Å². The first kappa shape index (κ1) is 18.7. The first-order valence-electron chi connectivity index (χ1n) is 8.16. The van der Waals surface area contributed by atoms with Crippen LogP contribution < -0.4 is 0 Å². The first-order valence-corrected chi connectivity index (χ1v) is 10.3. The number of fused-ring (bicyclic) bond motifs is 3. The fourth-order valence-corrected chi connectivity index (χ4v) is 4.73. The van der Waals surface area contributed by atoms with Crippen LogP contribution in [-0.2, 0) is 10.5 Å². The highest BCUT2D eigenvalue weighted by Crippen LogP contribution is 2.45. The molecule has 0 atom stereocenters. The third-order valence-electron chi connectivity index (χ3n) is 4.16. The van der Waals surface area contributed by atoms with Crippen LogP contribution >= 0.6 is 46.6 Å². The average molecular weight is 440 g/mol. The zero-order valence-corrected chi connectivity index (χ0v) is 17.2. The maximum Gasteiger partial charge on any atom is 0.359 e. The van der Waals surface area contributed by atoms with Gasteiger partial charge in [-0.15, -0.1) is 11.8 Å². The highest BCUT2D eigenvalue weighted by molar-refractivity contribution is 7.98. The summed E-state index contributed by atoms with van der Waals surface area (Å²) in [4.78, 5) is 13.6. The summed E-state index contributed by atoms with van der Waals surface area (Å²) in [5.41, 5.74) is 3.42. The molecule has 1 aliphatic heterocycles. The highest BCUT2D eigenvalue weighted by atomic mass is 35.5. The van der Waals surface area contributed by atoms with E-state index >= 15 is 0 Å². The van der Waals surface area contributed by atoms with Gasteiger partial charge in [0.05, 0.1) is 23.0 Å². The van der Waals surface area contributed by atoms with Gasteiger partial charge in [-0.05, 0) is 43.3 Å². The van der Waals surface area contributed by atoms with Crippen molar-refractivity contribution in [2.45, 2.75) is 17.6 Å². The number of halogens is 3. The number of aromatic nitrogens is 2. The Labute approximate surface area is 175 Å². The average Bonchev–Trinajstić information content (AvgIpc) is 3.02. The Morgan fingerprint density at radius 3 is 2.67 bits per heavy atom. The summed E-state index contributed by atoms with van der Waals surface area (Å²) in [6.45, 7) is 2.04. The normalized spacial score (nSPS) is 12.4. The van der Waals surface area contributed by atoms with Gasteiger partial charge in [-0.1, -0.05) is 34.8 Å². The Balaban J connectivity index is 2.01. The van der Waals surface area contributed by atoms with Crippen molar-refractivity contribution in [3.63, 3.8) is 0 Å². The minimum Gasteiger partial charge on any atom is -0.461 e. The summed E-state index contributed by atoms with van der Waals surface area (Å²) in [7, 11) is 0. The molecule has 4 rings (SSSR count). The predicted molar refractivity (Wildman–Crippen MR) is 110 cm³/mol. The number of thioether (sulfide) groups is 1. The molecule has 4 nitrogen and oxygen atoms in total. The monoisotopic (exact) mass is 438 g/mol. The van der Waals surface area contributed by atoms with Crippen molar-refractivity contribution in [2.75, 3.05) is 6.61 Å². The summed E-state index contributed by atoms with van der Waals surface area (Å²) in [5.74, 6) is 0.146. The summed E-state index contributed by atoms with van der Waals surface area (Å²) < 4.78 is 6.88. The Kier molecular flexibility index (Phi) is 5.12. The molecule has 0 aliphatic carbocycles. The molecule has 138 valence electrons. The van der Waals surface area contributed by atoms with Crippen LogP contribution in [0, 0.1) is 0 Å². The number of hydrogen-bond acceptors (Lipinski definition) is 4. The van der Waals surface area contributed by atoms with Crippen LogP contribution in [0.2, 0.25) is 15.1 Å². The topological polar surface area (TPSA) is 44.1 Å². The molecule has 0 N–H and O–H groups in total. The molecule has 0 fully saturated rings. The molecule has 0 radical (unpaired) electrons. The molecule has 0 saturated carbocycles. The summed E-state index contributed by atoms with van der Waals surface area (Å²) in [5, 5.41) is 6.12. The van der Waals surface area contributed by atoms with Crippen molar-refractivity contribution in [1.29, 1.82) is 0 Å². The van der Waals surface area contributed by atoms with E-state index in [9.17, 15) is 4.79 Å². The second-order valence-corrected chi connectivity index (χ2v) is 8.13. The van der Waals surface area contributed by atoms with E-state index < -0.39 is 5.97 Å². The van der Waals surface area contributed by atoms with Crippen molar-refractivity contribution in [1.82, 2.24) is 9.78 Å². The van der Waals surface area contributed by atoms with Gasteiger partial charge in [0.25, 0.3) is 0 Å². The number of carbonyl (C=O) groups excluding carboxylic acids is 1. The molecule has 3 aromatic rings. The van der Waals surface area contributed by atoms with Crippen molar-refractivity contribution in [2.24, 2.45) is 0 Å². The van der Waals surface area contributed by atoms with Gasteiger partial charge in [-0.25, -0.2) is 9.48 Å². The van der Waals surface area contributed by atoms with E-state index in [0.29, 0.717) is 26.5 Å². The maximum absolute atomic E-state index is 12.5. The van der Waals surface area contributed by atoms with Gasteiger partial charge in [0.1, 0.15) is 0 Å². The van der Waals surface area contributed by atoms with E-state index in [2.05, 4.69) is 5.10 Å². The molecular formula is C19H13Cl3N2O2S. The number of esters is 1. The van der Waals surface area contributed by atoms with Gasteiger partial charge in [-0.2, -0.15) is 5.10 Å². The number of carbonyl (C=O) groups is 1. The fourth-order valence-electron chi connectivity index (χ4n) is 3.02. The summed E-state index contributed by atoms with van der Waals surface area (Å²) >= 11 is 20.3. The zero-order valence-electron chi connectivity index (χ0n) is 14.1. The molecule has 2 heterocycles. The van der Waals surface area contributed by atoms with E-state index in [1.807, 2.05) is 18.2 Å². The second kappa shape index (κ2) is 7.40. The van der Waals surface area contributed by atoms with Crippen LogP contribution in [0.4, 0.5) is 0 Å². The zero-order chi connectivity index (χ0) is 19.1. The minimum atomic E-state index is -0.455. The van der Waals surface area contributed by atoms with Crippen LogP contribution in [0.5, 0.6) is 0 Å². The van der Waals surface area contributed by atoms with Crippen LogP contribution in [0.15, 0.2) is 41.3 Å². The van der Waals surface area contributed by atoms with E-state index in [1.165, 1.54) is 0 Å². The van der Waals surface area contributed by atoms with Gasteiger partial charge < -0.3 is 4.74 Å². The van der Waals surface area contributed by atoms with Crippen molar-refractivity contribution in [3.05, 3.63) is 62.7 Å². The van der Waals surface area contributed by atoms with Gasteiger partial charge in [0.2, 0.25) is 0 Å². The van der Waals surface area contributed by atoms with Crippen LogP contribution in [0.3, 0.4) is 0 Å². The van der Waals surface area contributed by atoms with Crippen LogP contribution in [0.25, 0.3) is 16.9 Å². The molecule has 0 amide bonds. The lowest BCUT2D eigenvalue weighted by atomic mass is 10.1. The third kappa shape index (κ3) is 3.34. The standard InChI is InChI=1S/C19H13Cl3N2O2S/c1-2-26-19(25)17-13-9-27-16-6-4-10(20)7-12(16)18(13)24(23-17)15-5-3-11(21)8-14(15)22/h3-8H,2,9H2,1H3. The molecule has 0 spiro atoms. The summed E-state index contributed by atoms with van der Waals surface area (Å²) in [6.07, 6.45) is 0. The Hall–Kier alpha value is -1.66. The van der Waals surface area contributed by atoms with Gasteiger partial charge in [0, 0.05) is 31.8 Å². The van der Waals surface area contributed by atoms with E-state index in [4.69, 9.17) is 39.5 Å². The number of benzene rings is 2. The third-order valence-corrected chi connectivity index (χ3v) is 6.03. The fraction of sp³-hybridized carbons (Fsp3) is 0.158. The minimum absolute atomic E-state index is 0.276. The smallest absolute Gasteiger partial charge is 0.359 e. The molecule has 8 heteroatoms. The first-order chi connectivity index (χ1) is 13.0.